The van der Waals surface area contributed by atoms with Crippen LogP contribution in [0.25, 0.3) is 0 Å². The Hall–Kier alpha value is -2.69. The van der Waals surface area contributed by atoms with Crippen LogP contribution in [0.4, 0.5) is 10.1 Å². The van der Waals surface area contributed by atoms with Gasteiger partial charge in [-0.3, -0.25) is 9.59 Å². The van der Waals surface area contributed by atoms with E-state index in [0.29, 0.717) is 11.3 Å². The van der Waals surface area contributed by atoms with Gasteiger partial charge in [0.2, 0.25) is 11.7 Å². The highest BCUT2D eigenvalue weighted by molar-refractivity contribution is 6.00. The fraction of sp³-hybridized carbons (Fsp3) is 0.300. The lowest BCUT2D eigenvalue weighted by Crippen LogP contribution is -2.27. The monoisotopic (exact) mass is 343 g/mol. The van der Waals surface area contributed by atoms with E-state index in [1.165, 1.54) is 12.1 Å². The number of benzene rings is 2. The van der Waals surface area contributed by atoms with Crippen molar-refractivity contribution in [2.24, 2.45) is 5.41 Å². The number of hydrogen-bond donors (Lipinski definition) is 1. The minimum Gasteiger partial charge on any atom is -0.479 e. The molecule has 0 saturated heterocycles. The smallest absolute Gasteiger partial charge is 0.229 e. The summed E-state index contributed by atoms with van der Waals surface area (Å²) < 4.78 is 19.0. The van der Waals surface area contributed by atoms with E-state index in [4.69, 9.17) is 4.74 Å². The maximum absolute atomic E-state index is 13.6. The zero-order valence-corrected chi connectivity index (χ0v) is 14.8. The molecular weight excluding hydrogens is 321 g/mol. The molecule has 0 fully saturated rings. The molecule has 0 radical (unpaired) electrons. The third-order valence-electron chi connectivity index (χ3n) is 3.62. The molecule has 0 aromatic heterocycles. The third-order valence-corrected chi connectivity index (χ3v) is 3.62. The quantitative estimate of drug-likeness (QED) is 0.816. The number of para-hydroxylation sites is 1. The molecule has 0 spiro atoms. The van der Waals surface area contributed by atoms with Gasteiger partial charge in [0.25, 0.3) is 0 Å². The Kier molecular flexibility index (Phi) is 5.57. The molecule has 2 rings (SSSR count). The van der Waals surface area contributed by atoms with Gasteiger partial charge in [-0.05, 0) is 43.3 Å². The lowest BCUT2D eigenvalue weighted by molar-refractivity contribution is -0.123. The van der Waals surface area contributed by atoms with Crippen LogP contribution in [0.15, 0.2) is 48.5 Å². The third kappa shape index (κ3) is 4.89. The number of nitrogens with one attached hydrogen (secondary N) is 1. The van der Waals surface area contributed by atoms with E-state index in [-0.39, 0.29) is 17.4 Å². The highest BCUT2D eigenvalue weighted by Gasteiger charge is 2.22. The number of halogens is 1. The lowest BCUT2D eigenvalue weighted by atomic mass is 9.95. The van der Waals surface area contributed by atoms with E-state index in [0.717, 1.165) is 0 Å². The van der Waals surface area contributed by atoms with Crippen molar-refractivity contribution in [3.8, 4) is 5.75 Å². The molecule has 0 saturated carbocycles. The first-order valence-corrected chi connectivity index (χ1v) is 8.05. The second-order valence-corrected chi connectivity index (χ2v) is 6.84. The molecule has 132 valence electrons. The minimum atomic E-state index is -0.827. The summed E-state index contributed by atoms with van der Waals surface area (Å²) in [6, 6.07) is 12.5. The SMILES string of the molecule is C[C@@H](Oc1ccccc1F)C(=O)c1ccc(NC(=O)C(C)(C)C)cc1. The van der Waals surface area contributed by atoms with E-state index in [2.05, 4.69) is 5.32 Å². The molecule has 0 aliphatic rings. The number of hydrogen-bond acceptors (Lipinski definition) is 3. The molecular formula is C20H22FNO3. The van der Waals surface area contributed by atoms with Crippen molar-refractivity contribution in [3.63, 3.8) is 0 Å². The van der Waals surface area contributed by atoms with Gasteiger partial charge in [-0.25, -0.2) is 4.39 Å². The van der Waals surface area contributed by atoms with Crippen LogP contribution in [-0.2, 0) is 4.79 Å². The van der Waals surface area contributed by atoms with Gasteiger partial charge in [0.05, 0.1) is 0 Å². The molecule has 25 heavy (non-hydrogen) atoms. The molecule has 0 unspecified atom stereocenters. The largest absolute Gasteiger partial charge is 0.479 e. The van der Waals surface area contributed by atoms with Crippen molar-refractivity contribution in [3.05, 3.63) is 59.9 Å². The van der Waals surface area contributed by atoms with Crippen molar-refractivity contribution < 1.29 is 18.7 Å². The molecule has 2 aromatic carbocycles. The fourth-order valence-corrected chi connectivity index (χ4v) is 2.06. The van der Waals surface area contributed by atoms with Crippen LogP contribution in [0.2, 0.25) is 0 Å². The van der Waals surface area contributed by atoms with Gasteiger partial charge in [-0.2, -0.15) is 0 Å². The second kappa shape index (κ2) is 7.47. The van der Waals surface area contributed by atoms with Crippen molar-refractivity contribution in [1.29, 1.82) is 0 Å². The highest BCUT2D eigenvalue weighted by atomic mass is 19.1. The average Bonchev–Trinajstić information content (AvgIpc) is 2.56. The van der Waals surface area contributed by atoms with Crippen molar-refractivity contribution in [2.45, 2.75) is 33.8 Å². The van der Waals surface area contributed by atoms with Crippen LogP contribution in [0.3, 0.4) is 0 Å². The van der Waals surface area contributed by atoms with Crippen LogP contribution in [-0.4, -0.2) is 17.8 Å². The summed E-state index contributed by atoms with van der Waals surface area (Å²) in [5, 5.41) is 2.79. The van der Waals surface area contributed by atoms with Gasteiger partial charge >= 0.3 is 0 Å². The number of ketones is 1. The number of amides is 1. The highest BCUT2D eigenvalue weighted by Crippen LogP contribution is 2.20. The van der Waals surface area contributed by atoms with Crippen LogP contribution in [0, 0.1) is 11.2 Å². The Morgan fingerprint density at radius 1 is 1.04 bits per heavy atom. The molecule has 1 N–H and O–H groups in total. The Balaban J connectivity index is 2.05. The summed E-state index contributed by atoms with van der Waals surface area (Å²) in [5.74, 6) is -0.848. The summed E-state index contributed by atoms with van der Waals surface area (Å²) in [6.07, 6.45) is -0.827. The van der Waals surface area contributed by atoms with E-state index >= 15 is 0 Å². The van der Waals surface area contributed by atoms with Crippen molar-refractivity contribution >= 4 is 17.4 Å². The summed E-state index contributed by atoms with van der Waals surface area (Å²) in [7, 11) is 0. The van der Waals surface area contributed by atoms with Gasteiger partial charge in [-0.1, -0.05) is 32.9 Å². The van der Waals surface area contributed by atoms with Crippen molar-refractivity contribution in [1.82, 2.24) is 0 Å². The first kappa shape index (κ1) is 18.6. The molecule has 0 aliphatic heterocycles. The van der Waals surface area contributed by atoms with Crippen molar-refractivity contribution in [2.75, 3.05) is 5.32 Å². The van der Waals surface area contributed by atoms with E-state index in [1.807, 2.05) is 20.8 Å². The van der Waals surface area contributed by atoms with Gasteiger partial charge in [0, 0.05) is 16.7 Å². The topological polar surface area (TPSA) is 55.4 Å². The number of rotatable bonds is 5. The van der Waals surface area contributed by atoms with Gasteiger partial charge in [-0.15, -0.1) is 0 Å². The maximum atomic E-state index is 13.6. The lowest BCUT2D eigenvalue weighted by Gasteiger charge is -2.18. The number of ether oxygens (including phenoxy) is 1. The number of Topliss-reactive ketones (excluding diaryl/α,β-unsaturated/α-hetero) is 1. The van der Waals surface area contributed by atoms with Crippen LogP contribution >= 0.6 is 0 Å². The zero-order chi connectivity index (χ0) is 18.6. The average molecular weight is 343 g/mol. The Morgan fingerprint density at radius 3 is 2.20 bits per heavy atom. The molecule has 0 aliphatic carbocycles. The number of carbonyl (C=O) groups is 2. The second-order valence-electron chi connectivity index (χ2n) is 6.84. The molecule has 2 aromatic rings. The normalized spacial score (nSPS) is 12.4. The van der Waals surface area contributed by atoms with Gasteiger partial charge in [0.15, 0.2) is 17.7 Å². The molecule has 1 atom stereocenters. The molecule has 1 amide bonds. The van der Waals surface area contributed by atoms with Crippen LogP contribution in [0.1, 0.15) is 38.1 Å². The first-order chi connectivity index (χ1) is 11.7. The molecule has 4 nitrogen and oxygen atoms in total. The summed E-state index contributed by atoms with van der Waals surface area (Å²) in [5.41, 5.74) is 0.535. The van der Waals surface area contributed by atoms with E-state index < -0.39 is 17.3 Å². The summed E-state index contributed by atoms with van der Waals surface area (Å²) in [4.78, 5) is 24.4. The summed E-state index contributed by atoms with van der Waals surface area (Å²) >= 11 is 0. The number of anilines is 1. The standard InChI is InChI=1S/C20H22FNO3/c1-13(25-17-8-6-5-7-16(17)21)18(23)14-9-11-15(12-10-14)22-19(24)20(2,3)4/h5-13H,1-4H3,(H,22,24)/t13-/m1/s1. The molecule has 0 heterocycles. The van der Waals surface area contributed by atoms with E-state index in [1.54, 1.807) is 43.3 Å². The van der Waals surface area contributed by atoms with E-state index in [9.17, 15) is 14.0 Å². The Labute approximate surface area is 147 Å². The maximum Gasteiger partial charge on any atom is 0.229 e. The number of carbonyl (C=O) groups excluding carboxylic acids is 2. The predicted octanol–water partition coefficient (Wildman–Crippen LogP) is 4.46. The minimum absolute atomic E-state index is 0.0393. The Morgan fingerprint density at radius 2 is 1.64 bits per heavy atom. The molecule has 0 bridgehead atoms. The summed E-state index contributed by atoms with van der Waals surface area (Å²) in [6.45, 7) is 7.04. The zero-order valence-electron chi connectivity index (χ0n) is 14.8. The van der Waals surface area contributed by atoms with Crippen LogP contribution < -0.4 is 10.1 Å². The van der Waals surface area contributed by atoms with Gasteiger partial charge in [0.1, 0.15) is 0 Å². The predicted molar refractivity (Wildman–Crippen MR) is 95.3 cm³/mol. The van der Waals surface area contributed by atoms with Gasteiger partial charge < -0.3 is 10.1 Å². The first-order valence-electron chi connectivity index (χ1n) is 8.05. The Bertz CT molecular complexity index is 763. The fourth-order valence-electron chi connectivity index (χ4n) is 2.06. The molecule has 5 heteroatoms. The van der Waals surface area contributed by atoms with Crippen LogP contribution in [0.5, 0.6) is 5.75 Å².